The molecule has 0 saturated carbocycles. The molecular weight excluding hydrogens is 286 g/mol. The summed E-state index contributed by atoms with van der Waals surface area (Å²) in [5, 5.41) is 9.96. The fourth-order valence-corrected chi connectivity index (χ4v) is 2.70. The van der Waals surface area contributed by atoms with Crippen LogP contribution >= 0.6 is 0 Å². The van der Waals surface area contributed by atoms with Gasteiger partial charge in [-0.25, -0.2) is 4.39 Å². The van der Waals surface area contributed by atoms with E-state index in [1.165, 1.54) is 6.07 Å². The van der Waals surface area contributed by atoms with Crippen LogP contribution in [0.1, 0.15) is 31.4 Å². The summed E-state index contributed by atoms with van der Waals surface area (Å²) in [7, 11) is 0. The molecule has 0 radical (unpaired) electrons. The van der Waals surface area contributed by atoms with Crippen LogP contribution in [0.4, 0.5) is 17.6 Å². The zero-order valence-corrected chi connectivity index (χ0v) is 12.0. The number of nitrogens with zero attached hydrogens (tertiary/aromatic N) is 1. The van der Waals surface area contributed by atoms with Gasteiger partial charge in [-0.2, -0.15) is 13.2 Å². The first-order valence-electron chi connectivity index (χ1n) is 6.87. The highest BCUT2D eigenvalue weighted by Gasteiger charge is 2.35. The van der Waals surface area contributed by atoms with Crippen LogP contribution in [0.3, 0.4) is 0 Å². The first-order valence-corrected chi connectivity index (χ1v) is 6.87. The first kappa shape index (κ1) is 16.2. The minimum absolute atomic E-state index is 0.0973. The second-order valence-corrected chi connectivity index (χ2v) is 6.19. The van der Waals surface area contributed by atoms with Gasteiger partial charge in [-0.3, -0.25) is 4.90 Å². The van der Waals surface area contributed by atoms with Crippen molar-refractivity contribution < 1.29 is 22.7 Å². The molecule has 1 saturated heterocycles. The van der Waals surface area contributed by atoms with E-state index >= 15 is 0 Å². The fourth-order valence-electron chi connectivity index (χ4n) is 2.70. The second kappa shape index (κ2) is 5.57. The Morgan fingerprint density at radius 2 is 1.95 bits per heavy atom. The number of aliphatic hydroxyl groups is 1. The predicted molar refractivity (Wildman–Crippen MR) is 71.1 cm³/mol. The van der Waals surface area contributed by atoms with Gasteiger partial charge in [0.15, 0.2) is 0 Å². The Kier molecular flexibility index (Phi) is 4.31. The normalized spacial score (nSPS) is 21.0. The molecule has 0 aliphatic carbocycles. The molecule has 6 heteroatoms. The third-order valence-electron chi connectivity index (χ3n) is 4.01. The second-order valence-electron chi connectivity index (χ2n) is 6.19. The zero-order valence-electron chi connectivity index (χ0n) is 12.0. The van der Waals surface area contributed by atoms with Crippen LogP contribution in [-0.2, 0) is 12.7 Å². The van der Waals surface area contributed by atoms with Gasteiger partial charge < -0.3 is 5.11 Å². The van der Waals surface area contributed by atoms with Crippen molar-refractivity contribution in [1.29, 1.82) is 0 Å². The molecule has 0 spiro atoms. The smallest absolute Gasteiger partial charge is 0.390 e. The third-order valence-corrected chi connectivity index (χ3v) is 4.01. The minimum atomic E-state index is -4.68. The molecule has 1 heterocycles. The SMILES string of the molecule is CC(C)(O)C1CCN(Cc2ccc(F)c(C(F)(F)F)c2)C1. The Labute approximate surface area is 121 Å². The van der Waals surface area contributed by atoms with E-state index in [1.54, 1.807) is 13.8 Å². The highest BCUT2D eigenvalue weighted by molar-refractivity contribution is 5.27. The highest BCUT2D eigenvalue weighted by Crippen LogP contribution is 2.33. The van der Waals surface area contributed by atoms with Crippen molar-refractivity contribution in [2.75, 3.05) is 13.1 Å². The van der Waals surface area contributed by atoms with Gasteiger partial charge in [0, 0.05) is 19.0 Å². The standard InChI is InChI=1S/C15H19F4NO/c1-14(2,21)11-5-6-20(9-11)8-10-3-4-13(16)12(7-10)15(17,18)19/h3-4,7,11,21H,5-6,8-9H2,1-2H3. The Morgan fingerprint density at radius 3 is 2.48 bits per heavy atom. The summed E-state index contributed by atoms with van der Waals surface area (Å²) < 4.78 is 51.3. The quantitative estimate of drug-likeness (QED) is 0.865. The summed E-state index contributed by atoms with van der Waals surface area (Å²) in [5.74, 6) is -1.15. The Morgan fingerprint density at radius 1 is 1.29 bits per heavy atom. The third kappa shape index (κ3) is 3.95. The number of alkyl halides is 3. The number of halogens is 4. The summed E-state index contributed by atoms with van der Waals surface area (Å²) in [4.78, 5) is 1.98. The van der Waals surface area contributed by atoms with E-state index in [1.807, 2.05) is 4.90 Å². The first-order chi connectivity index (χ1) is 9.57. The average Bonchev–Trinajstić information content (AvgIpc) is 2.78. The van der Waals surface area contributed by atoms with Gasteiger partial charge in [-0.05, 0) is 44.5 Å². The van der Waals surface area contributed by atoms with Gasteiger partial charge in [0.1, 0.15) is 5.82 Å². The van der Waals surface area contributed by atoms with Crippen molar-refractivity contribution in [2.24, 2.45) is 5.92 Å². The fraction of sp³-hybridized carbons (Fsp3) is 0.600. The molecule has 118 valence electrons. The summed E-state index contributed by atoms with van der Waals surface area (Å²) in [6, 6.07) is 3.11. The van der Waals surface area contributed by atoms with Crippen molar-refractivity contribution in [3.63, 3.8) is 0 Å². The van der Waals surface area contributed by atoms with Crippen LogP contribution in [0.5, 0.6) is 0 Å². The number of likely N-dealkylation sites (tertiary alicyclic amines) is 1. The van der Waals surface area contributed by atoms with Gasteiger partial charge in [0.05, 0.1) is 11.2 Å². The van der Waals surface area contributed by atoms with Crippen molar-refractivity contribution in [3.8, 4) is 0 Å². The molecule has 1 atom stereocenters. The Hall–Kier alpha value is -1.14. The van der Waals surface area contributed by atoms with Gasteiger partial charge in [0.2, 0.25) is 0 Å². The lowest BCUT2D eigenvalue weighted by atomic mass is 9.90. The molecule has 0 aromatic heterocycles. The molecule has 1 fully saturated rings. The van der Waals surface area contributed by atoms with Crippen LogP contribution in [0.25, 0.3) is 0 Å². The van der Waals surface area contributed by atoms with E-state index < -0.39 is 23.2 Å². The van der Waals surface area contributed by atoms with Crippen molar-refractivity contribution in [2.45, 2.75) is 38.6 Å². The lowest BCUT2D eigenvalue weighted by molar-refractivity contribution is -0.140. The molecule has 2 nitrogen and oxygen atoms in total. The molecule has 1 aromatic rings. The largest absolute Gasteiger partial charge is 0.419 e. The maximum atomic E-state index is 13.2. The van der Waals surface area contributed by atoms with Gasteiger partial charge in [-0.1, -0.05) is 6.07 Å². The van der Waals surface area contributed by atoms with E-state index in [0.717, 1.165) is 18.6 Å². The lowest BCUT2D eigenvalue weighted by Crippen LogP contribution is -2.33. The Balaban J connectivity index is 2.08. The number of benzene rings is 1. The molecule has 1 N–H and O–H groups in total. The molecule has 0 amide bonds. The summed E-state index contributed by atoms with van der Waals surface area (Å²) >= 11 is 0. The summed E-state index contributed by atoms with van der Waals surface area (Å²) in [6.45, 7) is 5.15. The van der Waals surface area contributed by atoms with Crippen LogP contribution in [-0.4, -0.2) is 28.7 Å². The van der Waals surface area contributed by atoms with Gasteiger partial charge in [-0.15, -0.1) is 0 Å². The van der Waals surface area contributed by atoms with Crippen LogP contribution < -0.4 is 0 Å². The zero-order chi connectivity index (χ0) is 15.8. The maximum Gasteiger partial charge on any atom is 0.419 e. The predicted octanol–water partition coefficient (Wildman–Crippen LogP) is 3.44. The minimum Gasteiger partial charge on any atom is -0.390 e. The van der Waals surface area contributed by atoms with Crippen molar-refractivity contribution in [3.05, 3.63) is 35.1 Å². The molecule has 1 unspecified atom stereocenters. The molecule has 1 aliphatic rings. The van der Waals surface area contributed by atoms with Crippen LogP contribution in [0.2, 0.25) is 0 Å². The summed E-state index contributed by atoms with van der Waals surface area (Å²) in [6.07, 6.45) is -3.88. The van der Waals surface area contributed by atoms with Crippen LogP contribution in [0.15, 0.2) is 18.2 Å². The lowest BCUT2D eigenvalue weighted by Gasteiger charge is -2.25. The number of rotatable bonds is 3. The van der Waals surface area contributed by atoms with Crippen molar-refractivity contribution >= 4 is 0 Å². The topological polar surface area (TPSA) is 23.5 Å². The van der Waals surface area contributed by atoms with Crippen molar-refractivity contribution in [1.82, 2.24) is 4.90 Å². The molecular formula is C15H19F4NO. The van der Waals surface area contributed by atoms with E-state index in [-0.39, 0.29) is 5.92 Å². The van der Waals surface area contributed by atoms with Crippen LogP contribution in [0, 0.1) is 11.7 Å². The number of hydrogen-bond donors (Lipinski definition) is 1. The summed E-state index contributed by atoms with van der Waals surface area (Å²) in [5.41, 5.74) is -1.59. The Bertz CT molecular complexity index is 507. The van der Waals surface area contributed by atoms with Gasteiger partial charge in [0.25, 0.3) is 0 Å². The monoisotopic (exact) mass is 305 g/mol. The molecule has 21 heavy (non-hydrogen) atoms. The molecule has 1 aliphatic heterocycles. The average molecular weight is 305 g/mol. The van der Waals surface area contributed by atoms with Gasteiger partial charge >= 0.3 is 6.18 Å². The van der Waals surface area contributed by atoms with E-state index in [2.05, 4.69) is 0 Å². The van der Waals surface area contributed by atoms with E-state index in [9.17, 15) is 22.7 Å². The number of hydrogen-bond acceptors (Lipinski definition) is 2. The van der Waals surface area contributed by atoms with E-state index in [0.29, 0.717) is 25.2 Å². The molecule has 0 bridgehead atoms. The molecule has 2 rings (SSSR count). The molecule has 1 aromatic carbocycles. The highest BCUT2D eigenvalue weighted by atomic mass is 19.4. The van der Waals surface area contributed by atoms with E-state index in [4.69, 9.17) is 0 Å². The maximum absolute atomic E-state index is 13.2.